The Labute approximate surface area is 137 Å². The van der Waals surface area contributed by atoms with Crippen molar-refractivity contribution >= 4 is 11.9 Å². The zero-order valence-corrected chi connectivity index (χ0v) is 14.0. The van der Waals surface area contributed by atoms with E-state index in [1.165, 1.54) is 5.56 Å². The molecule has 2 atom stereocenters. The van der Waals surface area contributed by atoms with E-state index in [1.807, 2.05) is 45.0 Å². The van der Waals surface area contributed by atoms with Crippen LogP contribution in [0.3, 0.4) is 0 Å². The molecule has 1 saturated heterocycles. The first-order chi connectivity index (χ1) is 10.9. The van der Waals surface area contributed by atoms with E-state index in [9.17, 15) is 9.59 Å². The maximum atomic E-state index is 12.1. The molecule has 0 saturated carbocycles. The SMILES string of the molecule is Cc1ccc(CNC(=O)NCC(=O)N2CC(C)OC(C)C2)cc1. The van der Waals surface area contributed by atoms with Gasteiger partial charge in [0, 0.05) is 19.6 Å². The fourth-order valence-electron chi connectivity index (χ4n) is 2.60. The van der Waals surface area contributed by atoms with Crippen LogP contribution in [-0.2, 0) is 16.1 Å². The summed E-state index contributed by atoms with van der Waals surface area (Å²) in [5, 5.41) is 5.36. The van der Waals surface area contributed by atoms with Crippen molar-refractivity contribution in [3.8, 4) is 0 Å². The van der Waals surface area contributed by atoms with Gasteiger partial charge in [0.05, 0.1) is 18.8 Å². The number of rotatable bonds is 4. The second kappa shape index (κ2) is 7.97. The maximum absolute atomic E-state index is 12.1. The first-order valence-electron chi connectivity index (χ1n) is 7.94. The van der Waals surface area contributed by atoms with Gasteiger partial charge in [-0.25, -0.2) is 4.79 Å². The van der Waals surface area contributed by atoms with Gasteiger partial charge in [0.25, 0.3) is 0 Å². The van der Waals surface area contributed by atoms with Crippen molar-refractivity contribution in [1.82, 2.24) is 15.5 Å². The summed E-state index contributed by atoms with van der Waals surface area (Å²) in [5.74, 6) is -0.0857. The van der Waals surface area contributed by atoms with E-state index in [1.54, 1.807) is 4.90 Å². The molecule has 2 N–H and O–H groups in total. The third kappa shape index (κ3) is 5.56. The standard InChI is InChI=1S/C17H25N3O3/c1-12-4-6-15(7-5-12)8-18-17(22)19-9-16(21)20-10-13(2)23-14(3)11-20/h4-7,13-14H,8-11H2,1-3H3,(H2,18,19,22). The van der Waals surface area contributed by atoms with Gasteiger partial charge in [0.1, 0.15) is 0 Å². The summed E-state index contributed by atoms with van der Waals surface area (Å²) < 4.78 is 5.59. The number of ether oxygens (including phenoxy) is 1. The predicted molar refractivity (Wildman–Crippen MR) is 88.0 cm³/mol. The first kappa shape index (κ1) is 17.3. The molecule has 126 valence electrons. The lowest BCUT2D eigenvalue weighted by Crippen LogP contribution is -2.51. The van der Waals surface area contributed by atoms with Gasteiger partial charge < -0.3 is 20.3 Å². The molecule has 3 amide bonds. The number of amides is 3. The molecule has 0 aliphatic carbocycles. The Balaban J connectivity index is 1.71. The molecule has 1 aliphatic rings. The number of urea groups is 1. The highest BCUT2D eigenvalue weighted by atomic mass is 16.5. The molecule has 0 radical (unpaired) electrons. The van der Waals surface area contributed by atoms with Gasteiger partial charge in [-0.15, -0.1) is 0 Å². The van der Waals surface area contributed by atoms with Gasteiger partial charge in [0.2, 0.25) is 5.91 Å². The van der Waals surface area contributed by atoms with Crippen LogP contribution < -0.4 is 10.6 Å². The van der Waals surface area contributed by atoms with E-state index in [-0.39, 0.29) is 30.7 Å². The fourth-order valence-corrected chi connectivity index (χ4v) is 2.60. The minimum Gasteiger partial charge on any atom is -0.372 e. The van der Waals surface area contributed by atoms with Crippen molar-refractivity contribution < 1.29 is 14.3 Å². The van der Waals surface area contributed by atoms with Crippen molar-refractivity contribution in [2.24, 2.45) is 0 Å². The Hall–Kier alpha value is -2.08. The van der Waals surface area contributed by atoms with Crippen molar-refractivity contribution in [1.29, 1.82) is 0 Å². The van der Waals surface area contributed by atoms with Crippen LogP contribution >= 0.6 is 0 Å². The van der Waals surface area contributed by atoms with Gasteiger partial charge in [-0.2, -0.15) is 0 Å². The van der Waals surface area contributed by atoms with Crippen molar-refractivity contribution in [2.45, 2.75) is 39.5 Å². The summed E-state index contributed by atoms with van der Waals surface area (Å²) in [6, 6.07) is 7.60. The monoisotopic (exact) mass is 319 g/mol. The fraction of sp³-hybridized carbons (Fsp3) is 0.529. The second-order valence-electron chi connectivity index (χ2n) is 6.08. The average molecular weight is 319 g/mol. The van der Waals surface area contributed by atoms with Crippen LogP contribution in [0, 0.1) is 6.92 Å². The summed E-state index contributed by atoms with van der Waals surface area (Å²) in [6.45, 7) is 7.47. The first-order valence-corrected chi connectivity index (χ1v) is 7.94. The quantitative estimate of drug-likeness (QED) is 0.882. The van der Waals surface area contributed by atoms with Gasteiger partial charge >= 0.3 is 6.03 Å². The number of hydrogen-bond donors (Lipinski definition) is 2. The molecule has 2 rings (SSSR count). The number of aryl methyl sites for hydroxylation is 1. The molecular formula is C17H25N3O3. The molecule has 0 aromatic heterocycles. The average Bonchev–Trinajstić information content (AvgIpc) is 2.51. The van der Waals surface area contributed by atoms with E-state index >= 15 is 0 Å². The van der Waals surface area contributed by atoms with Crippen LogP contribution in [0.2, 0.25) is 0 Å². The maximum Gasteiger partial charge on any atom is 0.315 e. The largest absolute Gasteiger partial charge is 0.372 e. The molecule has 1 fully saturated rings. The summed E-state index contributed by atoms with van der Waals surface area (Å²) >= 11 is 0. The van der Waals surface area contributed by atoms with E-state index < -0.39 is 0 Å². The normalized spacial score (nSPS) is 20.9. The minimum atomic E-state index is -0.340. The highest BCUT2D eigenvalue weighted by Gasteiger charge is 2.25. The molecular weight excluding hydrogens is 294 g/mol. The Morgan fingerprint density at radius 3 is 2.35 bits per heavy atom. The van der Waals surface area contributed by atoms with Gasteiger partial charge in [-0.3, -0.25) is 4.79 Å². The van der Waals surface area contributed by atoms with Gasteiger partial charge in [-0.05, 0) is 26.3 Å². The number of nitrogens with zero attached hydrogens (tertiary/aromatic N) is 1. The van der Waals surface area contributed by atoms with Gasteiger partial charge in [0.15, 0.2) is 0 Å². The summed E-state index contributed by atoms with van der Waals surface area (Å²) in [6.07, 6.45) is 0.0520. The highest BCUT2D eigenvalue weighted by molar-refractivity contribution is 5.84. The molecule has 0 bridgehead atoms. The van der Waals surface area contributed by atoms with Crippen molar-refractivity contribution in [2.75, 3.05) is 19.6 Å². The lowest BCUT2D eigenvalue weighted by Gasteiger charge is -2.35. The van der Waals surface area contributed by atoms with Crippen LogP contribution in [0.5, 0.6) is 0 Å². The molecule has 0 spiro atoms. The number of nitrogens with one attached hydrogen (secondary N) is 2. The Kier molecular flexibility index (Phi) is 5.98. The van der Waals surface area contributed by atoms with E-state index in [4.69, 9.17) is 4.74 Å². The van der Waals surface area contributed by atoms with E-state index in [0.29, 0.717) is 19.6 Å². The van der Waals surface area contributed by atoms with E-state index in [0.717, 1.165) is 5.56 Å². The highest BCUT2D eigenvalue weighted by Crippen LogP contribution is 2.10. The zero-order valence-electron chi connectivity index (χ0n) is 14.0. The Bertz CT molecular complexity index is 535. The molecule has 1 aliphatic heterocycles. The molecule has 1 aromatic rings. The number of morpholine rings is 1. The number of carbonyl (C=O) groups is 2. The molecule has 23 heavy (non-hydrogen) atoms. The Morgan fingerprint density at radius 1 is 1.13 bits per heavy atom. The topological polar surface area (TPSA) is 70.7 Å². The molecule has 6 nitrogen and oxygen atoms in total. The third-order valence-corrected chi connectivity index (χ3v) is 3.75. The van der Waals surface area contributed by atoms with Crippen LogP contribution in [0.4, 0.5) is 4.79 Å². The number of benzene rings is 1. The predicted octanol–water partition coefficient (Wildman–Crippen LogP) is 1.43. The Morgan fingerprint density at radius 2 is 1.74 bits per heavy atom. The van der Waals surface area contributed by atoms with Crippen LogP contribution in [0.25, 0.3) is 0 Å². The third-order valence-electron chi connectivity index (χ3n) is 3.75. The summed E-state index contributed by atoms with van der Waals surface area (Å²) in [5.41, 5.74) is 2.20. The van der Waals surface area contributed by atoms with Crippen LogP contribution in [0.15, 0.2) is 24.3 Å². The zero-order chi connectivity index (χ0) is 16.8. The van der Waals surface area contributed by atoms with Crippen molar-refractivity contribution in [3.05, 3.63) is 35.4 Å². The molecule has 6 heteroatoms. The molecule has 1 aromatic carbocycles. The smallest absolute Gasteiger partial charge is 0.315 e. The molecule has 1 heterocycles. The molecule has 2 unspecified atom stereocenters. The number of carbonyl (C=O) groups excluding carboxylic acids is 2. The second-order valence-corrected chi connectivity index (χ2v) is 6.08. The minimum absolute atomic E-state index is 0.000822. The summed E-state index contributed by atoms with van der Waals surface area (Å²) in [4.78, 5) is 25.7. The van der Waals surface area contributed by atoms with Crippen LogP contribution in [0.1, 0.15) is 25.0 Å². The lowest BCUT2D eigenvalue weighted by molar-refractivity contribution is -0.142. The van der Waals surface area contributed by atoms with Crippen LogP contribution in [-0.4, -0.2) is 48.7 Å². The van der Waals surface area contributed by atoms with Crippen molar-refractivity contribution in [3.63, 3.8) is 0 Å². The lowest BCUT2D eigenvalue weighted by atomic mass is 10.1. The summed E-state index contributed by atoms with van der Waals surface area (Å²) in [7, 11) is 0. The number of hydrogen-bond acceptors (Lipinski definition) is 3. The van der Waals surface area contributed by atoms with Gasteiger partial charge in [-0.1, -0.05) is 29.8 Å². The van der Waals surface area contributed by atoms with E-state index in [2.05, 4.69) is 10.6 Å².